The van der Waals surface area contributed by atoms with Crippen molar-refractivity contribution in [3.8, 4) is 5.75 Å². The molecule has 10 nitrogen and oxygen atoms in total. The molecule has 0 aromatic heterocycles. The second kappa shape index (κ2) is 13.6. The molecule has 1 aromatic carbocycles. The predicted molar refractivity (Wildman–Crippen MR) is 148 cm³/mol. The van der Waals surface area contributed by atoms with Gasteiger partial charge in [0.1, 0.15) is 5.75 Å². The van der Waals surface area contributed by atoms with Gasteiger partial charge in [-0.15, -0.1) is 0 Å². The minimum absolute atomic E-state index is 0. The zero-order valence-corrected chi connectivity index (χ0v) is 23.6. The SMILES string of the molecule is CC(CF)CCc1cc(N(C)C)c2c(c1O)C(=O)CC(C[C@@H](C(CO)N(C)C)[C@](O)(CO)C(=O)CC(N)=O)C2.[HH]. The van der Waals surface area contributed by atoms with Crippen LogP contribution in [0.5, 0.6) is 5.75 Å². The van der Waals surface area contributed by atoms with Crippen LogP contribution in [0.4, 0.5) is 10.1 Å². The number of carbonyl (C=O) groups is 3. The number of hydrogen-bond acceptors (Lipinski definition) is 9. The summed E-state index contributed by atoms with van der Waals surface area (Å²) in [6.45, 7) is -0.136. The first-order chi connectivity index (χ1) is 18.2. The zero-order chi connectivity index (χ0) is 29.7. The van der Waals surface area contributed by atoms with Crippen LogP contribution in [0.15, 0.2) is 6.07 Å². The Labute approximate surface area is 231 Å². The van der Waals surface area contributed by atoms with Gasteiger partial charge in [0.2, 0.25) is 5.91 Å². The van der Waals surface area contributed by atoms with Crippen molar-refractivity contribution in [2.24, 2.45) is 23.5 Å². The van der Waals surface area contributed by atoms with Crippen molar-refractivity contribution in [1.82, 2.24) is 4.90 Å². The molecular formula is C28H46FN3O7. The number of fused-ring (bicyclic) bond motifs is 1. The van der Waals surface area contributed by atoms with Gasteiger partial charge in [-0.05, 0) is 68.8 Å². The van der Waals surface area contributed by atoms with E-state index in [1.54, 1.807) is 25.9 Å². The van der Waals surface area contributed by atoms with E-state index < -0.39 is 61.5 Å². The number of nitrogens with zero attached hydrogens (tertiary/aromatic N) is 2. The molecule has 1 amide bonds. The Morgan fingerprint density at radius 2 is 1.87 bits per heavy atom. The van der Waals surface area contributed by atoms with Gasteiger partial charge >= 0.3 is 0 Å². The summed E-state index contributed by atoms with van der Waals surface area (Å²) < 4.78 is 13.0. The van der Waals surface area contributed by atoms with E-state index in [0.717, 1.165) is 5.69 Å². The highest BCUT2D eigenvalue weighted by Gasteiger charge is 2.49. The lowest BCUT2D eigenvalue weighted by molar-refractivity contribution is -0.157. The Morgan fingerprint density at radius 3 is 2.36 bits per heavy atom. The van der Waals surface area contributed by atoms with Gasteiger partial charge in [-0.3, -0.25) is 18.8 Å². The number of benzene rings is 1. The molecule has 0 aliphatic heterocycles. The van der Waals surface area contributed by atoms with Crippen LogP contribution in [0.1, 0.15) is 55.5 Å². The maximum absolute atomic E-state index is 13.5. The van der Waals surface area contributed by atoms with E-state index in [0.29, 0.717) is 30.4 Å². The summed E-state index contributed by atoms with van der Waals surface area (Å²) in [6.07, 6.45) is 0.548. The monoisotopic (exact) mass is 555 g/mol. The third kappa shape index (κ3) is 7.33. The average Bonchev–Trinajstić information content (AvgIpc) is 2.86. The molecule has 0 saturated carbocycles. The number of phenols is 1. The van der Waals surface area contributed by atoms with Crippen molar-refractivity contribution >= 4 is 23.2 Å². The van der Waals surface area contributed by atoms with Crippen molar-refractivity contribution in [2.75, 3.05) is 53.0 Å². The Kier molecular flexibility index (Phi) is 11.4. The second-order valence-corrected chi connectivity index (χ2v) is 11.4. The van der Waals surface area contributed by atoms with Crippen LogP contribution in [0.25, 0.3) is 0 Å². The third-order valence-electron chi connectivity index (χ3n) is 7.93. The number of rotatable bonds is 15. The minimum Gasteiger partial charge on any atom is -0.507 e. The van der Waals surface area contributed by atoms with Crippen molar-refractivity contribution in [3.63, 3.8) is 0 Å². The number of anilines is 1. The molecule has 1 aliphatic carbocycles. The Balaban J connectivity index is 0.00000800. The Hall–Kier alpha value is -2.60. The van der Waals surface area contributed by atoms with Crippen molar-refractivity contribution in [2.45, 2.75) is 57.1 Å². The molecule has 0 radical (unpaired) electrons. The number of nitrogens with two attached hydrogens (primary N) is 1. The number of carbonyl (C=O) groups excluding carboxylic acids is 3. The van der Waals surface area contributed by atoms with E-state index in [9.17, 15) is 39.2 Å². The van der Waals surface area contributed by atoms with Crippen LogP contribution < -0.4 is 10.6 Å². The number of halogens is 1. The lowest BCUT2D eigenvalue weighted by atomic mass is 9.69. The van der Waals surface area contributed by atoms with Crippen LogP contribution in [-0.4, -0.2) is 103 Å². The highest BCUT2D eigenvalue weighted by molar-refractivity contribution is 6.03. The number of hydrogen-bond donors (Lipinski definition) is 5. The number of alkyl halides is 1. The van der Waals surface area contributed by atoms with Crippen LogP contribution in [-0.2, 0) is 22.4 Å². The number of Topliss-reactive ketones (excluding diaryl/α,β-unsaturated/α-hetero) is 2. The van der Waals surface area contributed by atoms with Gasteiger partial charge in [-0.2, -0.15) is 0 Å². The van der Waals surface area contributed by atoms with Gasteiger partial charge in [-0.25, -0.2) is 0 Å². The molecule has 2 rings (SSSR count). The summed E-state index contributed by atoms with van der Waals surface area (Å²) in [7, 11) is 6.94. The standard InChI is InChI=1S/C28H44FN3O7.H2/c1-16(13-29)6-7-18-11-21(31(2)3)19-8-17(10-23(35)26(19)27(18)38)9-20(22(14-33)32(4)5)28(39,15-34)24(36)12-25(30)37;/h11,16-17,20,22,33-34,38-39H,6-10,12-15H2,1-5H3,(H2,30,37);1H/t16?,17?,20-,22?,28+;/m0./s1. The number of primary amides is 1. The van der Waals surface area contributed by atoms with E-state index in [-0.39, 0.29) is 37.3 Å². The van der Waals surface area contributed by atoms with Crippen LogP contribution in [0.2, 0.25) is 0 Å². The fraction of sp³-hybridized carbons (Fsp3) is 0.679. The lowest BCUT2D eigenvalue weighted by Gasteiger charge is -2.42. The molecule has 11 heteroatoms. The third-order valence-corrected chi connectivity index (χ3v) is 7.93. The molecule has 0 bridgehead atoms. The molecule has 39 heavy (non-hydrogen) atoms. The Morgan fingerprint density at radius 1 is 1.23 bits per heavy atom. The van der Waals surface area contributed by atoms with Crippen LogP contribution in [0.3, 0.4) is 0 Å². The first-order valence-electron chi connectivity index (χ1n) is 13.3. The molecule has 5 atom stereocenters. The molecular weight excluding hydrogens is 509 g/mol. The van der Waals surface area contributed by atoms with Gasteiger partial charge in [0, 0.05) is 39.6 Å². The quantitative estimate of drug-likeness (QED) is 0.199. The zero-order valence-electron chi connectivity index (χ0n) is 23.6. The van der Waals surface area contributed by atoms with Crippen molar-refractivity contribution < 1.29 is 40.6 Å². The molecule has 222 valence electrons. The largest absolute Gasteiger partial charge is 0.507 e. The van der Waals surface area contributed by atoms with E-state index in [1.165, 1.54) is 0 Å². The number of aliphatic hydroxyl groups is 3. The number of phenolic OH excluding ortho intramolecular Hbond substituents is 1. The number of aliphatic hydroxyl groups excluding tert-OH is 2. The van der Waals surface area contributed by atoms with Gasteiger partial charge in [0.25, 0.3) is 0 Å². The Bertz CT molecular complexity index is 1060. The summed E-state index contributed by atoms with van der Waals surface area (Å²) in [6, 6.07) is 1.03. The fourth-order valence-electron chi connectivity index (χ4n) is 5.62. The molecule has 1 aliphatic rings. The van der Waals surface area contributed by atoms with Gasteiger partial charge < -0.3 is 36.0 Å². The van der Waals surface area contributed by atoms with E-state index in [1.807, 2.05) is 25.1 Å². The van der Waals surface area contributed by atoms with E-state index >= 15 is 0 Å². The van der Waals surface area contributed by atoms with Crippen LogP contribution >= 0.6 is 0 Å². The summed E-state index contributed by atoms with van der Waals surface area (Å²) in [4.78, 5) is 41.3. The van der Waals surface area contributed by atoms with E-state index in [2.05, 4.69) is 0 Å². The average molecular weight is 556 g/mol. The predicted octanol–water partition coefficient (Wildman–Crippen LogP) is 1.08. The number of amides is 1. The summed E-state index contributed by atoms with van der Waals surface area (Å²) in [5.74, 6) is -3.94. The normalized spacial score (nSPS) is 19.2. The number of aryl methyl sites for hydroxylation is 1. The molecule has 1 aromatic rings. The molecule has 0 fully saturated rings. The second-order valence-electron chi connectivity index (χ2n) is 11.4. The maximum Gasteiger partial charge on any atom is 0.224 e. The van der Waals surface area contributed by atoms with Crippen molar-refractivity contribution in [3.05, 3.63) is 22.8 Å². The maximum atomic E-state index is 13.5. The number of ketones is 2. The van der Waals surface area contributed by atoms with Crippen LogP contribution in [0, 0.1) is 17.8 Å². The highest BCUT2D eigenvalue weighted by Crippen LogP contribution is 2.43. The topological polar surface area (TPSA) is 165 Å². The summed E-state index contributed by atoms with van der Waals surface area (Å²) in [5.41, 5.74) is 4.96. The highest BCUT2D eigenvalue weighted by atomic mass is 19.1. The molecule has 0 spiro atoms. The van der Waals surface area contributed by atoms with Gasteiger partial charge in [-0.1, -0.05) is 6.92 Å². The number of aromatic hydroxyl groups is 1. The van der Waals surface area contributed by atoms with E-state index in [4.69, 9.17) is 5.73 Å². The van der Waals surface area contributed by atoms with Gasteiger partial charge in [0.05, 0.1) is 31.9 Å². The van der Waals surface area contributed by atoms with Crippen molar-refractivity contribution in [1.29, 1.82) is 0 Å². The smallest absolute Gasteiger partial charge is 0.224 e. The fourth-order valence-corrected chi connectivity index (χ4v) is 5.62. The molecule has 0 saturated heterocycles. The molecule has 6 N–H and O–H groups in total. The molecule has 3 unspecified atom stereocenters. The minimum atomic E-state index is -2.38. The number of likely N-dealkylation sites (N-methyl/N-ethyl adjacent to an activating group) is 1. The first-order valence-corrected chi connectivity index (χ1v) is 13.3. The molecule has 0 heterocycles. The van der Waals surface area contributed by atoms with Gasteiger partial charge in [0.15, 0.2) is 17.2 Å². The lowest BCUT2D eigenvalue weighted by Crippen LogP contribution is -2.58. The summed E-state index contributed by atoms with van der Waals surface area (Å²) in [5, 5.41) is 42.7. The summed E-state index contributed by atoms with van der Waals surface area (Å²) >= 11 is 0. The first kappa shape index (κ1) is 32.6.